The molecule has 0 unspecified atom stereocenters. The highest BCUT2D eigenvalue weighted by atomic mass is 32.2. The lowest BCUT2D eigenvalue weighted by molar-refractivity contribution is 0.0978. The highest BCUT2D eigenvalue weighted by molar-refractivity contribution is 7.89. The van der Waals surface area contributed by atoms with E-state index < -0.39 is 10.0 Å². The lowest BCUT2D eigenvalue weighted by atomic mass is 10.1. The number of rotatable bonds is 4. The molecule has 1 saturated heterocycles. The largest absolute Gasteiger partial charge is 0.496 e. The van der Waals surface area contributed by atoms with E-state index in [2.05, 4.69) is 0 Å². The third kappa shape index (κ3) is 3.72. The van der Waals surface area contributed by atoms with Crippen LogP contribution in [0.1, 0.15) is 48.5 Å². The molecule has 1 fully saturated rings. The van der Waals surface area contributed by atoms with E-state index in [0.717, 1.165) is 43.4 Å². The van der Waals surface area contributed by atoms with Crippen molar-refractivity contribution in [1.82, 2.24) is 4.31 Å². The number of sulfonamides is 1. The van der Waals surface area contributed by atoms with Gasteiger partial charge in [0.05, 0.1) is 17.6 Å². The van der Waals surface area contributed by atoms with Crippen LogP contribution in [0.25, 0.3) is 0 Å². The Morgan fingerprint density at radius 3 is 2.43 bits per heavy atom. The normalized spacial score (nSPS) is 19.9. The summed E-state index contributed by atoms with van der Waals surface area (Å²) in [7, 11) is -2.16. The molecule has 2 aliphatic rings. The standard InChI is InChI=1S/C23H28N2O4S/c1-17-15-18-9-5-6-10-21(18)25(17)23(26)20-16-19(11-12-22(20)29-2)30(27,28)24-13-7-3-4-8-14-24/h5-6,9-12,16-17H,3-4,7-8,13-15H2,1-2H3/t17-/m0/s1. The van der Waals surface area contributed by atoms with Crippen LogP contribution in [0.2, 0.25) is 0 Å². The quantitative estimate of drug-likeness (QED) is 0.742. The summed E-state index contributed by atoms with van der Waals surface area (Å²) < 4.78 is 33.5. The molecule has 2 aromatic rings. The minimum Gasteiger partial charge on any atom is -0.496 e. The minimum atomic E-state index is -3.66. The van der Waals surface area contributed by atoms with Crippen LogP contribution < -0.4 is 9.64 Å². The SMILES string of the molecule is COc1ccc(S(=O)(=O)N2CCCCCC2)cc1C(=O)N1c2ccccc2C[C@@H]1C. The minimum absolute atomic E-state index is 0.00882. The Bertz CT molecular complexity index is 1040. The van der Waals surface area contributed by atoms with Gasteiger partial charge in [-0.25, -0.2) is 8.42 Å². The van der Waals surface area contributed by atoms with Gasteiger partial charge in [-0.15, -0.1) is 0 Å². The Labute approximate surface area is 178 Å². The van der Waals surface area contributed by atoms with Gasteiger partial charge < -0.3 is 9.64 Å². The number of fused-ring (bicyclic) bond motifs is 1. The number of carbonyl (C=O) groups excluding carboxylic acids is 1. The molecule has 2 aliphatic heterocycles. The first-order valence-electron chi connectivity index (χ1n) is 10.5. The summed E-state index contributed by atoms with van der Waals surface area (Å²) in [6.07, 6.45) is 4.59. The molecular formula is C23H28N2O4S. The summed E-state index contributed by atoms with van der Waals surface area (Å²) >= 11 is 0. The Morgan fingerprint density at radius 2 is 1.73 bits per heavy atom. The Morgan fingerprint density at radius 1 is 1.03 bits per heavy atom. The second-order valence-electron chi connectivity index (χ2n) is 8.04. The number of hydrogen-bond acceptors (Lipinski definition) is 4. The average molecular weight is 429 g/mol. The molecule has 0 N–H and O–H groups in total. The Balaban J connectivity index is 1.72. The summed E-state index contributed by atoms with van der Waals surface area (Å²) in [5.74, 6) is 0.142. The van der Waals surface area contributed by atoms with Crippen molar-refractivity contribution < 1.29 is 17.9 Å². The summed E-state index contributed by atoms with van der Waals surface area (Å²) in [6, 6.07) is 12.4. The second-order valence-corrected chi connectivity index (χ2v) is 9.98. The third-order valence-corrected chi connectivity index (χ3v) is 7.92. The van der Waals surface area contributed by atoms with Crippen molar-refractivity contribution in [2.75, 3.05) is 25.1 Å². The van der Waals surface area contributed by atoms with Gasteiger partial charge in [-0.1, -0.05) is 31.0 Å². The fourth-order valence-corrected chi connectivity index (χ4v) is 5.99. The van der Waals surface area contributed by atoms with Crippen molar-refractivity contribution in [3.63, 3.8) is 0 Å². The maximum absolute atomic E-state index is 13.5. The molecule has 30 heavy (non-hydrogen) atoms. The zero-order chi connectivity index (χ0) is 21.3. The monoisotopic (exact) mass is 428 g/mol. The van der Waals surface area contributed by atoms with E-state index in [9.17, 15) is 13.2 Å². The van der Waals surface area contributed by atoms with Gasteiger partial charge in [0.1, 0.15) is 5.75 Å². The molecule has 2 heterocycles. The molecule has 0 spiro atoms. The van der Waals surface area contributed by atoms with Crippen LogP contribution in [-0.2, 0) is 16.4 Å². The van der Waals surface area contributed by atoms with Crippen molar-refractivity contribution >= 4 is 21.6 Å². The van der Waals surface area contributed by atoms with Gasteiger partial charge in [0.15, 0.2) is 0 Å². The van der Waals surface area contributed by atoms with Gasteiger partial charge in [-0.3, -0.25) is 4.79 Å². The van der Waals surface area contributed by atoms with Crippen molar-refractivity contribution in [3.8, 4) is 5.75 Å². The maximum Gasteiger partial charge on any atom is 0.262 e. The molecule has 0 bridgehead atoms. The van der Waals surface area contributed by atoms with Gasteiger partial charge in [0.25, 0.3) is 5.91 Å². The van der Waals surface area contributed by atoms with Gasteiger partial charge in [-0.2, -0.15) is 4.31 Å². The molecule has 1 amide bonds. The highest BCUT2D eigenvalue weighted by Crippen LogP contribution is 2.35. The fraction of sp³-hybridized carbons (Fsp3) is 0.435. The molecule has 6 nitrogen and oxygen atoms in total. The number of para-hydroxylation sites is 1. The van der Waals surface area contributed by atoms with E-state index in [0.29, 0.717) is 18.8 Å². The van der Waals surface area contributed by atoms with E-state index in [4.69, 9.17) is 4.74 Å². The molecular weight excluding hydrogens is 400 g/mol. The zero-order valence-corrected chi connectivity index (χ0v) is 18.3. The van der Waals surface area contributed by atoms with Crippen LogP contribution in [0.3, 0.4) is 0 Å². The first-order valence-corrected chi connectivity index (χ1v) is 12.0. The van der Waals surface area contributed by atoms with Gasteiger partial charge >= 0.3 is 0 Å². The number of ether oxygens (including phenoxy) is 1. The smallest absolute Gasteiger partial charge is 0.262 e. The Kier molecular flexibility index (Phi) is 5.84. The van der Waals surface area contributed by atoms with Crippen LogP contribution in [0.15, 0.2) is 47.4 Å². The predicted molar refractivity (Wildman–Crippen MR) is 117 cm³/mol. The van der Waals surface area contributed by atoms with E-state index >= 15 is 0 Å². The van der Waals surface area contributed by atoms with Crippen LogP contribution in [0.5, 0.6) is 5.75 Å². The Hall–Kier alpha value is -2.38. The van der Waals surface area contributed by atoms with Crippen LogP contribution >= 0.6 is 0 Å². The van der Waals surface area contributed by atoms with Gasteiger partial charge in [0.2, 0.25) is 10.0 Å². The van der Waals surface area contributed by atoms with Crippen molar-refractivity contribution in [2.45, 2.75) is 50.0 Å². The van der Waals surface area contributed by atoms with E-state index in [1.165, 1.54) is 19.2 Å². The summed E-state index contributed by atoms with van der Waals surface area (Å²) in [5.41, 5.74) is 2.26. The highest BCUT2D eigenvalue weighted by Gasteiger charge is 2.34. The van der Waals surface area contributed by atoms with Gasteiger partial charge in [-0.05, 0) is 56.0 Å². The molecule has 0 aromatic heterocycles. The number of hydrogen-bond donors (Lipinski definition) is 0. The third-order valence-electron chi connectivity index (χ3n) is 6.03. The number of amides is 1. The zero-order valence-electron chi connectivity index (χ0n) is 17.5. The lowest BCUT2D eigenvalue weighted by Crippen LogP contribution is -2.36. The maximum atomic E-state index is 13.5. The predicted octanol–water partition coefficient (Wildman–Crippen LogP) is 3.85. The van der Waals surface area contributed by atoms with Gasteiger partial charge in [0, 0.05) is 24.8 Å². The fourth-order valence-electron chi connectivity index (χ4n) is 4.45. The van der Waals surface area contributed by atoms with Crippen LogP contribution in [0, 0.1) is 0 Å². The van der Waals surface area contributed by atoms with Crippen molar-refractivity contribution in [3.05, 3.63) is 53.6 Å². The summed E-state index contributed by atoms with van der Waals surface area (Å²) in [4.78, 5) is 15.4. The molecule has 7 heteroatoms. The number of carbonyl (C=O) groups is 1. The second kappa shape index (κ2) is 8.40. The van der Waals surface area contributed by atoms with Crippen molar-refractivity contribution in [2.24, 2.45) is 0 Å². The average Bonchev–Trinajstić information content (AvgIpc) is 2.91. The molecule has 2 aromatic carbocycles. The molecule has 1 atom stereocenters. The summed E-state index contributed by atoms with van der Waals surface area (Å²) in [6.45, 7) is 3.05. The number of nitrogens with zero attached hydrogens (tertiary/aromatic N) is 2. The number of methoxy groups -OCH3 is 1. The lowest BCUT2D eigenvalue weighted by Gasteiger charge is -2.25. The first kappa shape index (κ1) is 20.9. The topological polar surface area (TPSA) is 66.9 Å². The first-order chi connectivity index (χ1) is 14.4. The van der Waals surface area contributed by atoms with Crippen LogP contribution in [-0.4, -0.2) is 44.9 Å². The molecule has 4 rings (SSSR count). The van der Waals surface area contributed by atoms with Crippen molar-refractivity contribution in [1.29, 1.82) is 0 Å². The van der Waals surface area contributed by atoms with E-state index in [1.54, 1.807) is 15.3 Å². The van der Waals surface area contributed by atoms with Crippen LogP contribution in [0.4, 0.5) is 5.69 Å². The summed E-state index contributed by atoms with van der Waals surface area (Å²) in [5, 5.41) is 0. The molecule has 160 valence electrons. The molecule has 0 radical (unpaired) electrons. The number of anilines is 1. The number of benzene rings is 2. The van der Waals surface area contributed by atoms with E-state index in [1.807, 2.05) is 31.2 Å². The molecule has 0 aliphatic carbocycles. The molecule has 0 saturated carbocycles. The van der Waals surface area contributed by atoms with E-state index in [-0.39, 0.29) is 22.4 Å².